The van der Waals surface area contributed by atoms with Gasteiger partial charge in [0.25, 0.3) is 0 Å². The number of aryl methyl sites for hydroxylation is 1. The first-order chi connectivity index (χ1) is 13.9. The van der Waals surface area contributed by atoms with E-state index in [0.717, 1.165) is 13.8 Å². The second-order valence-electron chi connectivity index (χ2n) is 6.72. The zero-order valence-electron chi connectivity index (χ0n) is 16.4. The molecule has 0 aliphatic carbocycles. The number of alkyl halides is 5. The maximum absolute atomic E-state index is 13.1. The van der Waals surface area contributed by atoms with E-state index in [-0.39, 0.29) is 29.6 Å². The Balaban J connectivity index is 0.00000141. The smallest absolute Gasteiger partial charge is 0.394 e. The number of hydrogen-bond donors (Lipinski definition) is 0. The third-order valence-corrected chi connectivity index (χ3v) is 4.19. The van der Waals surface area contributed by atoms with Crippen LogP contribution in [0.15, 0.2) is 24.4 Å². The lowest BCUT2D eigenvalue weighted by Gasteiger charge is -2.28. The molecule has 0 bridgehead atoms. The van der Waals surface area contributed by atoms with E-state index in [1.807, 2.05) is 6.92 Å². The van der Waals surface area contributed by atoms with Crippen LogP contribution in [0.25, 0.3) is 5.69 Å². The Labute approximate surface area is 169 Å². The molecule has 0 aliphatic heterocycles. The van der Waals surface area contributed by atoms with Crippen LogP contribution in [-0.4, -0.2) is 28.5 Å². The monoisotopic (exact) mass is 430 g/mol. The summed E-state index contributed by atoms with van der Waals surface area (Å²) in [5, 5.41) is 0. The molecular weight excluding hydrogens is 411 g/mol. The highest BCUT2D eigenvalue weighted by Gasteiger charge is 2.47. The van der Waals surface area contributed by atoms with Crippen molar-refractivity contribution >= 4 is 6.15 Å². The fourth-order valence-electron chi connectivity index (χ4n) is 2.66. The van der Waals surface area contributed by atoms with Crippen molar-refractivity contribution in [3.8, 4) is 23.8 Å². The molecule has 0 N–H and O–H groups in total. The summed E-state index contributed by atoms with van der Waals surface area (Å²) in [4.78, 5) is 20.4. The van der Waals surface area contributed by atoms with Crippen molar-refractivity contribution < 1.29 is 36.3 Å². The minimum absolute atomic E-state index is 0.200. The van der Waals surface area contributed by atoms with Crippen molar-refractivity contribution in [2.45, 2.75) is 46.4 Å². The van der Waals surface area contributed by atoms with Crippen molar-refractivity contribution in [3.05, 3.63) is 41.5 Å². The van der Waals surface area contributed by atoms with E-state index in [1.54, 1.807) is 0 Å². The van der Waals surface area contributed by atoms with E-state index in [9.17, 15) is 22.0 Å². The number of aromatic nitrogens is 2. The van der Waals surface area contributed by atoms with Crippen LogP contribution in [0.5, 0.6) is 5.75 Å². The van der Waals surface area contributed by atoms with Gasteiger partial charge in [-0.3, -0.25) is 4.57 Å². The summed E-state index contributed by atoms with van der Waals surface area (Å²) >= 11 is 0. The molecule has 0 spiro atoms. The van der Waals surface area contributed by atoms with Crippen molar-refractivity contribution in [2.75, 3.05) is 0 Å². The molecule has 1 heterocycles. The summed E-state index contributed by atoms with van der Waals surface area (Å²) in [7, 11) is 0. The van der Waals surface area contributed by atoms with Crippen LogP contribution in [0, 0.1) is 17.8 Å². The van der Waals surface area contributed by atoms with Crippen molar-refractivity contribution in [1.29, 1.82) is 0 Å². The third-order valence-electron chi connectivity index (χ3n) is 4.19. The molecule has 0 radical (unpaired) electrons. The van der Waals surface area contributed by atoms with Crippen molar-refractivity contribution in [3.63, 3.8) is 0 Å². The van der Waals surface area contributed by atoms with Gasteiger partial charge in [-0.05, 0) is 24.1 Å². The van der Waals surface area contributed by atoms with E-state index < -0.39 is 18.2 Å². The van der Waals surface area contributed by atoms with Gasteiger partial charge >= 0.3 is 18.9 Å². The molecular formula is C20H19F5N2O3. The van der Waals surface area contributed by atoms with Gasteiger partial charge < -0.3 is 4.74 Å². The first-order valence-electron chi connectivity index (χ1n) is 8.59. The van der Waals surface area contributed by atoms with Gasteiger partial charge in [0.05, 0.1) is 17.3 Å². The highest BCUT2D eigenvalue weighted by atomic mass is 19.4. The van der Waals surface area contributed by atoms with Gasteiger partial charge in [0.15, 0.2) is 0 Å². The third kappa shape index (κ3) is 5.91. The summed E-state index contributed by atoms with van der Waals surface area (Å²) in [6.07, 6.45) is 2.76. The maximum Gasteiger partial charge on any atom is 0.394 e. The molecule has 0 atom stereocenters. The van der Waals surface area contributed by atoms with Gasteiger partial charge in [0.2, 0.25) is 0 Å². The van der Waals surface area contributed by atoms with E-state index in [1.165, 1.54) is 29.0 Å². The number of carbonyl (C=O) groups excluding carboxylic acids is 2. The number of rotatable bonds is 6. The van der Waals surface area contributed by atoms with Gasteiger partial charge in [0.1, 0.15) is 17.3 Å². The van der Waals surface area contributed by atoms with E-state index >= 15 is 0 Å². The second kappa shape index (κ2) is 10.0. The largest absolute Gasteiger partial charge is 0.433 e. The summed E-state index contributed by atoms with van der Waals surface area (Å²) in [6.45, 7) is 0.775. The molecule has 0 aliphatic rings. The summed E-state index contributed by atoms with van der Waals surface area (Å²) < 4.78 is 71.3. The Morgan fingerprint density at radius 3 is 2.30 bits per heavy atom. The molecule has 5 nitrogen and oxygen atoms in total. The molecule has 0 fully saturated rings. The Hall–Kier alpha value is -3.18. The Morgan fingerprint density at radius 2 is 1.83 bits per heavy atom. The average Bonchev–Trinajstić information content (AvgIpc) is 3.03. The molecule has 0 unspecified atom stereocenters. The molecule has 2 rings (SSSR count). The van der Waals surface area contributed by atoms with Crippen LogP contribution >= 0.6 is 0 Å². The second-order valence-corrected chi connectivity index (χ2v) is 6.72. The molecule has 0 saturated heterocycles. The predicted molar refractivity (Wildman–Crippen MR) is 96.1 cm³/mol. The number of ether oxygens (including phenoxy) is 1. The zero-order chi connectivity index (χ0) is 23.1. The summed E-state index contributed by atoms with van der Waals surface area (Å²) in [6, 6.07) is 4.05. The van der Waals surface area contributed by atoms with Gasteiger partial charge in [-0.25, -0.2) is 4.98 Å². The highest BCUT2D eigenvalue weighted by molar-refractivity contribution is 5.52. The van der Waals surface area contributed by atoms with Crippen LogP contribution < -0.4 is 4.74 Å². The molecule has 10 heteroatoms. The fourth-order valence-corrected chi connectivity index (χ4v) is 2.66. The minimum atomic E-state index is -4.44. The fraction of sp³-hybridized carbons (Fsp3) is 0.400. The van der Waals surface area contributed by atoms with Crippen LogP contribution in [0.2, 0.25) is 0 Å². The summed E-state index contributed by atoms with van der Waals surface area (Å²) in [5.41, 5.74) is -1.28. The first-order valence-corrected chi connectivity index (χ1v) is 8.59. The number of terminal acetylenes is 1. The topological polar surface area (TPSA) is 61.2 Å². The molecule has 0 saturated carbocycles. The predicted octanol–water partition coefficient (Wildman–Crippen LogP) is 4.56. The minimum Gasteiger partial charge on any atom is -0.433 e. The Bertz CT molecular complexity index is 937. The highest BCUT2D eigenvalue weighted by Crippen LogP contribution is 2.41. The number of halogens is 5. The Morgan fingerprint density at radius 1 is 1.23 bits per heavy atom. The molecule has 0 amide bonds. The van der Waals surface area contributed by atoms with Crippen LogP contribution in [0.1, 0.15) is 37.9 Å². The maximum atomic E-state index is 13.1. The SMILES string of the molecule is C#Cc1cnc(CC)n1-c1ccc(CC(C)(C)C(F)(F)F)cc1OC(F)F.O=C=O. The lowest BCUT2D eigenvalue weighted by molar-refractivity contribution is -0.211. The Kier molecular flexibility index (Phi) is 8.31. The zero-order valence-corrected chi connectivity index (χ0v) is 16.4. The first kappa shape index (κ1) is 24.9. The average molecular weight is 430 g/mol. The van der Waals surface area contributed by atoms with Gasteiger partial charge in [-0.1, -0.05) is 32.8 Å². The van der Waals surface area contributed by atoms with Crippen LogP contribution in [-0.2, 0) is 22.4 Å². The van der Waals surface area contributed by atoms with Gasteiger partial charge in [-0.15, -0.1) is 6.42 Å². The number of hydrogen-bond acceptors (Lipinski definition) is 4. The lowest BCUT2D eigenvalue weighted by atomic mass is 9.85. The normalized spacial score (nSPS) is 11.3. The number of nitrogens with zero attached hydrogens (tertiary/aromatic N) is 2. The molecule has 1 aromatic carbocycles. The van der Waals surface area contributed by atoms with Gasteiger partial charge in [0, 0.05) is 6.42 Å². The van der Waals surface area contributed by atoms with Crippen LogP contribution in [0.3, 0.4) is 0 Å². The van der Waals surface area contributed by atoms with Gasteiger partial charge in [-0.2, -0.15) is 31.5 Å². The molecule has 2 aromatic rings. The van der Waals surface area contributed by atoms with Crippen LogP contribution in [0.4, 0.5) is 22.0 Å². The quantitative estimate of drug-likeness (QED) is 0.498. The van der Waals surface area contributed by atoms with E-state index in [4.69, 9.17) is 16.0 Å². The number of imidazole rings is 1. The molecule has 1 aromatic heterocycles. The number of benzene rings is 1. The van der Waals surface area contributed by atoms with Crippen molar-refractivity contribution in [2.24, 2.45) is 5.41 Å². The standard InChI is InChI=1S/C19H19F5N2O.CO2/c1-5-13-11-25-16(6-2)26(13)14-8-7-12(9-15(14)27-17(20)21)10-18(3,4)19(22,23)24;2-1-3/h1,7-9,11,17H,6,10H2,2-4H3;. The summed E-state index contributed by atoms with van der Waals surface area (Å²) in [5.74, 6) is 2.67. The van der Waals surface area contributed by atoms with E-state index in [2.05, 4.69) is 15.6 Å². The van der Waals surface area contributed by atoms with Crippen molar-refractivity contribution in [1.82, 2.24) is 9.55 Å². The lowest BCUT2D eigenvalue weighted by Crippen LogP contribution is -2.34. The molecule has 30 heavy (non-hydrogen) atoms. The molecule has 162 valence electrons. The van der Waals surface area contributed by atoms with E-state index in [0.29, 0.717) is 17.9 Å².